The number of benzene rings is 2. The summed E-state index contributed by atoms with van der Waals surface area (Å²) in [6, 6.07) is 16.5. The van der Waals surface area contributed by atoms with Crippen LogP contribution < -0.4 is 10.7 Å². The Morgan fingerprint density at radius 1 is 0.962 bits per heavy atom. The van der Waals surface area contributed by atoms with Crippen molar-refractivity contribution >= 4 is 23.2 Å². The average Bonchev–Trinajstić information content (AvgIpc) is 2.63. The molecule has 0 saturated heterocycles. The quantitative estimate of drug-likeness (QED) is 0.579. The molecule has 0 radical (unpaired) electrons. The number of carbonyl (C=O) groups is 2. The van der Waals surface area contributed by atoms with E-state index < -0.39 is 0 Å². The highest BCUT2D eigenvalue weighted by Crippen LogP contribution is 2.11. The van der Waals surface area contributed by atoms with E-state index in [2.05, 4.69) is 15.8 Å². The molecule has 136 valence electrons. The zero-order valence-electron chi connectivity index (χ0n) is 15.5. The lowest BCUT2D eigenvalue weighted by atomic mass is 10.1. The second kappa shape index (κ2) is 9.51. The van der Waals surface area contributed by atoms with Crippen LogP contribution in [0.3, 0.4) is 0 Å². The molecule has 0 saturated carbocycles. The largest absolute Gasteiger partial charge is 0.326 e. The number of rotatable bonds is 7. The van der Waals surface area contributed by atoms with Gasteiger partial charge in [-0.05, 0) is 42.2 Å². The number of carbonyl (C=O) groups excluding carboxylic acids is 2. The fourth-order valence-electron chi connectivity index (χ4n) is 2.45. The molecule has 0 unspecified atom stereocenters. The topological polar surface area (TPSA) is 70.6 Å². The van der Waals surface area contributed by atoms with Gasteiger partial charge in [-0.2, -0.15) is 5.10 Å². The summed E-state index contributed by atoms with van der Waals surface area (Å²) in [5, 5.41) is 7.06. The molecule has 0 atom stereocenters. The molecule has 0 aliphatic carbocycles. The maximum Gasteiger partial charge on any atom is 0.271 e. The van der Waals surface area contributed by atoms with Crippen molar-refractivity contribution in [1.82, 2.24) is 5.43 Å². The number of hydrazone groups is 1. The first-order valence-electron chi connectivity index (χ1n) is 8.81. The number of nitrogens with zero attached hydrogens (tertiary/aromatic N) is 1. The molecule has 5 heteroatoms. The number of hydrogen-bond acceptors (Lipinski definition) is 3. The molecule has 2 aromatic carbocycles. The first-order valence-corrected chi connectivity index (χ1v) is 8.81. The smallest absolute Gasteiger partial charge is 0.271 e. The SMILES string of the molecule is CCC(=NNC(=O)c1ccc(NC(=O)CC(C)C)cc1)c1ccccc1. The summed E-state index contributed by atoms with van der Waals surface area (Å²) >= 11 is 0. The van der Waals surface area contributed by atoms with Gasteiger partial charge in [-0.1, -0.05) is 51.1 Å². The molecule has 2 N–H and O–H groups in total. The lowest BCUT2D eigenvalue weighted by Gasteiger charge is -2.08. The van der Waals surface area contributed by atoms with Crippen molar-refractivity contribution in [2.75, 3.05) is 5.32 Å². The Balaban J connectivity index is 1.99. The number of nitrogens with one attached hydrogen (secondary N) is 2. The fraction of sp³-hybridized carbons (Fsp3) is 0.286. The highest BCUT2D eigenvalue weighted by atomic mass is 16.2. The van der Waals surface area contributed by atoms with Crippen molar-refractivity contribution in [3.05, 3.63) is 65.7 Å². The minimum Gasteiger partial charge on any atom is -0.326 e. The summed E-state index contributed by atoms with van der Waals surface area (Å²) in [5.41, 5.74) is 5.56. The van der Waals surface area contributed by atoms with Gasteiger partial charge in [0.2, 0.25) is 5.91 Å². The standard InChI is InChI=1S/C21H25N3O2/c1-4-19(16-8-6-5-7-9-16)23-24-21(26)17-10-12-18(13-11-17)22-20(25)14-15(2)3/h5-13,15H,4,14H2,1-3H3,(H,22,25)(H,24,26). The molecule has 0 aliphatic rings. The Morgan fingerprint density at radius 3 is 2.19 bits per heavy atom. The second-order valence-corrected chi connectivity index (χ2v) is 6.44. The Labute approximate surface area is 154 Å². The maximum atomic E-state index is 12.3. The van der Waals surface area contributed by atoms with Crippen LogP contribution in [0.25, 0.3) is 0 Å². The van der Waals surface area contributed by atoms with Crippen molar-refractivity contribution in [2.45, 2.75) is 33.6 Å². The van der Waals surface area contributed by atoms with E-state index in [0.29, 0.717) is 30.0 Å². The van der Waals surface area contributed by atoms with Gasteiger partial charge in [0.1, 0.15) is 0 Å². The average molecular weight is 351 g/mol. The van der Waals surface area contributed by atoms with Gasteiger partial charge >= 0.3 is 0 Å². The van der Waals surface area contributed by atoms with E-state index in [1.54, 1.807) is 24.3 Å². The second-order valence-electron chi connectivity index (χ2n) is 6.44. The zero-order chi connectivity index (χ0) is 18.9. The van der Waals surface area contributed by atoms with E-state index in [4.69, 9.17) is 0 Å². The molecule has 0 aliphatic heterocycles. The molecule has 2 rings (SSSR count). The summed E-state index contributed by atoms with van der Waals surface area (Å²) in [4.78, 5) is 24.0. The van der Waals surface area contributed by atoms with Crippen molar-refractivity contribution in [1.29, 1.82) is 0 Å². The van der Waals surface area contributed by atoms with Crippen LogP contribution in [-0.2, 0) is 4.79 Å². The Morgan fingerprint density at radius 2 is 1.62 bits per heavy atom. The van der Waals surface area contributed by atoms with E-state index in [9.17, 15) is 9.59 Å². The molecular formula is C21H25N3O2. The molecule has 2 aromatic rings. The lowest BCUT2D eigenvalue weighted by Crippen LogP contribution is -2.20. The third kappa shape index (κ3) is 5.84. The van der Waals surface area contributed by atoms with Crippen LogP contribution in [0.1, 0.15) is 49.5 Å². The van der Waals surface area contributed by atoms with Crippen LogP contribution in [0, 0.1) is 5.92 Å². The van der Waals surface area contributed by atoms with Crippen LogP contribution >= 0.6 is 0 Å². The van der Waals surface area contributed by atoms with Crippen molar-refractivity contribution in [2.24, 2.45) is 11.0 Å². The molecular weight excluding hydrogens is 326 g/mol. The normalized spacial score (nSPS) is 11.3. The van der Waals surface area contributed by atoms with Gasteiger partial charge in [0, 0.05) is 17.7 Å². The molecule has 0 heterocycles. The predicted molar refractivity (Wildman–Crippen MR) is 105 cm³/mol. The van der Waals surface area contributed by atoms with E-state index in [1.807, 2.05) is 51.1 Å². The molecule has 0 fully saturated rings. The van der Waals surface area contributed by atoms with Gasteiger partial charge in [0.25, 0.3) is 5.91 Å². The lowest BCUT2D eigenvalue weighted by molar-refractivity contribution is -0.116. The summed E-state index contributed by atoms with van der Waals surface area (Å²) in [7, 11) is 0. The Hall–Kier alpha value is -2.95. The maximum absolute atomic E-state index is 12.3. The summed E-state index contributed by atoms with van der Waals surface area (Å²) < 4.78 is 0. The van der Waals surface area contributed by atoms with Gasteiger partial charge in [-0.15, -0.1) is 0 Å². The van der Waals surface area contributed by atoms with Crippen LogP contribution in [0.5, 0.6) is 0 Å². The molecule has 5 nitrogen and oxygen atoms in total. The van der Waals surface area contributed by atoms with Gasteiger partial charge in [0.15, 0.2) is 0 Å². The number of amides is 2. The van der Waals surface area contributed by atoms with Gasteiger partial charge in [0.05, 0.1) is 5.71 Å². The molecule has 26 heavy (non-hydrogen) atoms. The van der Waals surface area contributed by atoms with E-state index in [0.717, 1.165) is 11.3 Å². The molecule has 0 aromatic heterocycles. The third-order valence-electron chi connectivity index (χ3n) is 3.76. The van der Waals surface area contributed by atoms with E-state index in [1.165, 1.54) is 0 Å². The molecule has 0 spiro atoms. The number of anilines is 1. The summed E-state index contributed by atoms with van der Waals surface area (Å²) in [6.07, 6.45) is 1.18. The third-order valence-corrected chi connectivity index (χ3v) is 3.76. The van der Waals surface area contributed by atoms with Crippen LogP contribution in [0.2, 0.25) is 0 Å². The van der Waals surface area contributed by atoms with Crippen LogP contribution in [0.15, 0.2) is 59.7 Å². The monoisotopic (exact) mass is 351 g/mol. The van der Waals surface area contributed by atoms with Gasteiger partial charge in [-0.3, -0.25) is 9.59 Å². The van der Waals surface area contributed by atoms with Crippen LogP contribution in [0.4, 0.5) is 5.69 Å². The zero-order valence-corrected chi connectivity index (χ0v) is 15.5. The van der Waals surface area contributed by atoms with E-state index >= 15 is 0 Å². The van der Waals surface area contributed by atoms with Gasteiger partial charge < -0.3 is 5.32 Å². The van der Waals surface area contributed by atoms with Gasteiger partial charge in [-0.25, -0.2) is 5.43 Å². The summed E-state index contributed by atoms with van der Waals surface area (Å²) in [5.74, 6) is -0.0144. The highest BCUT2D eigenvalue weighted by Gasteiger charge is 2.08. The minimum atomic E-state index is -0.285. The first kappa shape index (κ1) is 19.4. The van der Waals surface area contributed by atoms with Crippen molar-refractivity contribution < 1.29 is 9.59 Å². The fourth-order valence-corrected chi connectivity index (χ4v) is 2.45. The van der Waals surface area contributed by atoms with Crippen molar-refractivity contribution in [3.8, 4) is 0 Å². The Kier molecular flexibility index (Phi) is 7.09. The van der Waals surface area contributed by atoms with Crippen molar-refractivity contribution in [3.63, 3.8) is 0 Å². The van der Waals surface area contributed by atoms with E-state index in [-0.39, 0.29) is 11.8 Å². The Bertz CT molecular complexity index is 766. The number of hydrogen-bond donors (Lipinski definition) is 2. The highest BCUT2D eigenvalue weighted by molar-refractivity contribution is 6.02. The molecule has 0 bridgehead atoms. The predicted octanol–water partition coefficient (Wildman–Crippen LogP) is 4.22. The summed E-state index contributed by atoms with van der Waals surface area (Å²) in [6.45, 7) is 5.98. The van der Waals surface area contributed by atoms with Crippen LogP contribution in [-0.4, -0.2) is 17.5 Å². The first-order chi connectivity index (χ1) is 12.5. The molecule has 2 amide bonds. The minimum absolute atomic E-state index is 0.0303.